The lowest BCUT2D eigenvalue weighted by atomic mass is 9.77. The van der Waals surface area contributed by atoms with Crippen molar-refractivity contribution >= 4 is 62.3 Å². The number of nitrogens with zero attached hydrogens (tertiary/aromatic N) is 1. The number of benzene rings is 8. The van der Waals surface area contributed by atoms with Gasteiger partial charge in [0.25, 0.3) is 0 Å². The molecule has 1 aromatic heterocycles. The number of hydrogen-bond acceptors (Lipinski definition) is 2. The molecule has 60 heavy (non-hydrogen) atoms. The highest BCUT2D eigenvalue weighted by atomic mass is 35.5. The van der Waals surface area contributed by atoms with E-state index in [1.165, 1.54) is 61.2 Å². The van der Waals surface area contributed by atoms with Crippen LogP contribution in [-0.2, 0) is 17.3 Å². The van der Waals surface area contributed by atoms with E-state index in [0.29, 0.717) is 5.02 Å². The van der Waals surface area contributed by atoms with Crippen molar-refractivity contribution in [2.45, 2.75) is 44.9 Å². The first-order valence-corrected chi connectivity index (χ1v) is 21.3. The Morgan fingerprint density at radius 3 is 1.87 bits per heavy atom. The number of rotatable bonds is 7. The maximum atomic E-state index is 6.99. The van der Waals surface area contributed by atoms with E-state index in [9.17, 15) is 0 Å². The van der Waals surface area contributed by atoms with Crippen LogP contribution >= 0.6 is 11.6 Å². The molecule has 0 saturated heterocycles. The Hall–Kier alpha value is -6.61. The molecule has 0 saturated carbocycles. The summed E-state index contributed by atoms with van der Waals surface area (Å²) in [6.07, 6.45) is 3.18. The van der Waals surface area contributed by atoms with Crippen molar-refractivity contribution in [3.63, 3.8) is 0 Å². The Labute approximate surface area is 357 Å². The predicted molar refractivity (Wildman–Crippen MR) is 253 cm³/mol. The molecule has 8 aromatic carbocycles. The summed E-state index contributed by atoms with van der Waals surface area (Å²) in [4.78, 5) is 2.35. The zero-order valence-corrected chi connectivity index (χ0v) is 35.0. The van der Waals surface area contributed by atoms with Crippen LogP contribution in [0.15, 0.2) is 180 Å². The molecule has 0 fully saturated rings. The SMILES string of the molecule is CC1(C)c2ccccc2-c2cc(C/C(=C/c3cc4c(cc3N(c3ccccc3)c3ccccc3)oc3cccc(Cl)c34)c3cccc4c3C(C)(C)c3ccccc3-4)ccc21. The van der Waals surface area contributed by atoms with E-state index in [1.54, 1.807) is 0 Å². The largest absolute Gasteiger partial charge is 0.456 e. The lowest BCUT2D eigenvalue weighted by molar-refractivity contribution is 0.658. The molecule has 2 aliphatic carbocycles. The molecule has 11 rings (SSSR count). The van der Waals surface area contributed by atoms with E-state index >= 15 is 0 Å². The summed E-state index contributed by atoms with van der Waals surface area (Å²) in [6, 6.07) is 63.6. The van der Waals surface area contributed by atoms with Gasteiger partial charge in [0.2, 0.25) is 0 Å². The first-order valence-electron chi connectivity index (χ1n) is 20.9. The fourth-order valence-electron chi connectivity index (χ4n) is 10.3. The molecule has 2 nitrogen and oxygen atoms in total. The fraction of sp³-hybridized carbons (Fsp3) is 0.123. The minimum Gasteiger partial charge on any atom is -0.456 e. The second-order valence-electron chi connectivity index (χ2n) is 17.4. The third-order valence-electron chi connectivity index (χ3n) is 13.2. The number of furan rings is 1. The summed E-state index contributed by atoms with van der Waals surface area (Å²) in [6.45, 7) is 9.47. The van der Waals surface area contributed by atoms with Gasteiger partial charge in [-0.25, -0.2) is 0 Å². The highest BCUT2D eigenvalue weighted by molar-refractivity contribution is 6.37. The number of fused-ring (bicyclic) bond motifs is 9. The molecular formula is C57H44ClNO. The molecule has 0 amide bonds. The molecular weight excluding hydrogens is 750 g/mol. The minimum absolute atomic E-state index is 0.0591. The van der Waals surface area contributed by atoms with Gasteiger partial charge in [-0.1, -0.05) is 167 Å². The van der Waals surface area contributed by atoms with Gasteiger partial charge in [0.1, 0.15) is 11.2 Å². The zero-order chi connectivity index (χ0) is 40.8. The highest BCUT2D eigenvalue weighted by Gasteiger charge is 2.38. The van der Waals surface area contributed by atoms with E-state index in [-0.39, 0.29) is 10.8 Å². The molecule has 290 valence electrons. The Morgan fingerprint density at radius 2 is 1.15 bits per heavy atom. The van der Waals surface area contributed by atoms with E-state index in [0.717, 1.165) is 51.0 Å². The van der Waals surface area contributed by atoms with Crippen molar-refractivity contribution in [3.05, 3.63) is 220 Å². The van der Waals surface area contributed by atoms with Crippen molar-refractivity contribution in [1.82, 2.24) is 0 Å². The van der Waals surface area contributed by atoms with Gasteiger partial charge in [-0.2, -0.15) is 0 Å². The molecule has 0 N–H and O–H groups in total. The molecule has 1 heterocycles. The number of anilines is 3. The van der Waals surface area contributed by atoms with Gasteiger partial charge in [0, 0.05) is 39.0 Å². The standard InChI is InChI=1S/C57H44ClNO/c1-56(2)47-25-13-12-22-43(47)45-32-36(29-30-49(45)56)31-37(41-23-15-24-44-42-21-11-14-26-48(42)57(3,4)55(41)44)33-38-34-46-53(60-52-28-16-27-50(58)54(46)52)35-51(38)59(39-17-7-5-8-18-39)40-19-9-6-10-20-40/h5-30,32-35H,31H2,1-4H3/b37-33-. The highest BCUT2D eigenvalue weighted by Crippen LogP contribution is 2.53. The summed E-state index contributed by atoms with van der Waals surface area (Å²) in [5.41, 5.74) is 20.1. The van der Waals surface area contributed by atoms with E-state index < -0.39 is 0 Å². The molecule has 0 aliphatic heterocycles. The molecule has 0 radical (unpaired) electrons. The third kappa shape index (κ3) is 5.62. The summed E-state index contributed by atoms with van der Waals surface area (Å²) in [5.74, 6) is 0. The lowest BCUT2D eigenvalue weighted by Crippen LogP contribution is -2.17. The van der Waals surface area contributed by atoms with E-state index in [2.05, 4.69) is 196 Å². The first-order chi connectivity index (χ1) is 29.2. The molecule has 0 unspecified atom stereocenters. The summed E-state index contributed by atoms with van der Waals surface area (Å²) < 4.78 is 6.62. The molecule has 9 aromatic rings. The van der Waals surface area contributed by atoms with Gasteiger partial charge in [-0.3, -0.25) is 0 Å². The number of para-hydroxylation sites is 2. The first kappa shape index (κ1) is 36.5. The van der Waals surface area contributed by atoms with E-state index in [4.69, 9.17) is 16.0 Å². The normalized spacial score (nSPS) is 14.5. The third-order valence-corrected chi connectivity index (χ3v) is 13.5. The number of hydrogen-bond donors (Lipinski definition) is 0. The van der Waals surface area contributed by atoms with Crippen molar-refractivity contribution in [1.29, 1.82) is 0 Å². The van der Waals surface area contributed by atoms with Crippen LogP contribution in [0.1, 0.15) is 66.6 Å². The average Bonchev–Trinajstić information content (AvgIpc) is 3.84. The van der Waals surface area contributed by atoms with Crippen molar-refractivity contribution in [2.75, 3.05) is 4.90 Å². The van der Waals surface area contributed by atoms with Gasteiger partial charge >= 0.3 is 0 Å². The van der Waals surface area contributed by atoms with Gasteiger partial charge in [0.15, 0.2) is 0 Å². The molecule has 0 spiro atoms. The van der Waals surface area contributed by atoms with Crippen LogP contribution in [0.25, 0.3) is 55.8 Å². The van der Waals surface area contributed by atoms with Crippen LogP contribution < -0.4 is 4.90 Å². The van der Waals surface area contributed by atoms with Gasteiger partial charge < -0.3 is 9.32 Å². The Bertz CT molecular complexity index is 3150. The van der Waals surface area contributed by atoms with Gasteiger partial charge in [0.05, 0.1) is 10.7 Å². The van der Waals surface area contributed by atoms with Crippen molar-refractivity contribution < 1.29 is 4.42 Å². The molecule has 0 atom stereocenters. The van der Waals surface area contributed by atoms with E-state index in [1.807, 2.05) is 18.2 Å². The maximum absolute atomic E-state index is 6.99. The monoisotopic (exact) mass is 793 g/mol. The van der Waals surface area contributed by atoms with Crippen LogP contribution in [0.3, 0.4) is 0 Å². The molecule has 3 heteroatoms. The average molecular weight is 794 g/mol. The predicted octanol–water partition coefficient (Wildman–Crippen LogP) is 16.1. The van der Waals surface area contributed by atoms with Crippen LogP contribution in [0, 0.1) is 0 Å². The Balaban J connectivity index is 1.20. The van der Waals surface area contributed by atoms with Gasteiger partial charge in [-0.15, -0.1) is 0 Å². The summed E-state index contributed by atoms with van der Waals surface area (Å²) in [5, 5.41) is 2.60. The fourth-order valence-corrected chi connectivity index (χ4v) is 10.6. The van der Waals surface area contributed by atoms with Gasteiger partial charge in [-0.05, 0) is 122 Å². The van der Waals surface area contributed by atoms with Crippen LogP contribution in [0.2, 0.25) is 5.02 Å². The Kier molecular flexibility index (Phi) is 8.34. The second kappa shape index (κ2) is 13.7. The lowest BCUT2D eigenvalue weighted by Gasteiger charge is -2.28. The van der Waals surface area contributed by atoms with Crippen molar-refractivity contribution in [3.8, 4) is 22.3 Å². The minimum atomic E-state index is -0.205. The quantitative estimate of drug-likeness (QED) is 0.149. The number of allylic oxidation sites excluding steroid dienone is 1. The van der Waals surface area contributed by atoms with Crippen LogP contribution in [0.4, 0.5) is 17.1 Å². The second-order valence-corrected chi connectivity index (χ2v) is 17.8. The molecule has 0 bridgehead atoms. The number of halogens is 1. The Morgan fingerprint density at radius 1 is 0.550 bits per heavy atom. The van der Waals surface area contributed by atoms with Crippen LogP contribution in [0.5, 0.6) is 0 Å². The smallest absolute Gasteiger partial charge is 0.137 e. The van der Waals surface area contributed by atoms with Crippen LogP contribution in [-0.4, -0.2) is 0 Å². The summed E-state index contributed by atoms with van der Waals surface area (Å²) in [7, 11) is 0. The maximum Gasteiger partial charge on any atom is 0.137 e. The zero-order valence-electron chi connectivity index (χ0n) is 34.3. The summed E-state index contributed by atoms with van der Waals surface area (Å²) >= 11 is 6.99. The van der Waals surface area contributed by atoms with Crippen molar-refractivity contribution in [2.24, 2.45) is 0 Å². The topological polar surface area (TPSA) is 16.4 Å². The molecule has 2 aliphatic rings.